The third kappa shape index (κ3) is 5.42. The molecule has 1 fully saturated rings. The maximum absolute atomic E-state index is 11.6. The summed E-state index contributed by atoms with van der Waals surface area (Å²) in [7, 11) is 1.41. The van der Waals surface area contributed by atoms with Gasteiger partial charge in [-0.2, -0.15) is 9.78 Å². The highest BCUT2D eigenvalue weighted by Crippen LogP contribution is 2.34. The minimum atomic E-state index is -1.11. The molecule has 0 amide bonds. The van der Waals surface area contributed by atoms with Crippen LogP contribution in [-0.4, -0.2) is 64.2 Å². The summed E-state index contributed by atoms with van der Waals surface area (Å²) >= 11 is 0. The largest absolute Gasteiger partial charge is 0.488 e. The molecule has 2 aromatic carbocycles. The van der Waals surface area contributed by atoms with Gasteiger partial charge in [-0.25, -0.2) is 9.78 Å². The van der Waals surface area contributed by atoms with Crippen molar-refractivity contribution in [3.05, 3.63) is 88.6 Å². The van der Waals surface area contributed by atoms with Gasteiger partial charge in [0.25, 0.3) is 0 Å². The fraction of sp³-hybridized carbons (Fsp3) is 0.344. The molecule has 4 aromatic rings. The Labute approximate surface area is 239 Å². The van der Waals surface area contributed by atoms with Crippen LogP contribution in [0.25, 0.3) is 17.1 Å². The molecule has 9 nitrogen and oxygen atoms in total. The van der Waals surface area contributed by atoms with E-state index in [-0.39, 0.29) is 16.9 Å². The molecule has 0 bridgehead atoms. The summed E-state index contributed by atoms with van der Waals surface area (Å²) in [5, 5.41) is 13.7. The van der Waals surface area contributed by atoms with Crippen molar-refractivity contribution < 1.29 is 24.1 Å². The summed E-state index contributed by atoms with van der Waals surface area (Å²) in [6.45, 7) is 9.61. The molecule has 4 heterocycles. The number of hydrogen-bond acceptors (Lipinski definition) is 7. The van der Waals surface area contributed by atoms with Gasteiger partial charge >= 0.3 is 5.97 Å². The first-order chi connectivity index (χ1) is 19.8. The fourth-order valence-corrected chi connectivity index (χ4v) is 5.71. The van der Waals surface area contributed by atoms with Crippen LogP contribution >= 0.6 is 0 Å². The van der Waals surface area contributed by atoms with Gasteiger partial charge in [0.1, 0.15) is 17.9 Å². The van der Waals surface area contributed by atoms with E-state index >= 15 is 0 Å². The minimum Gasteiger partial charge on any atom is -0.488 e. The summed E-state index contributed by atoms with van der Waals surface area (Å²) in [6.07, 6.45) is 2.29. The number of para-hydroxylation sites is 1. The second kappa shape index (κ2) is 11.0. The van der Waals surface area contributed by atoms with Gasteiger partial charge in [-0.3, -0.25) is 4.90 Å². The number of rotatable bonds is 9. The number of carboxylic acid groups (broad SMARTS) is 1. The number of benzene rings is 2. The third-order valence-corrected chi connectivity index (χ3v) is 7.84. The van der Waals surface area contributed by atoms with Gasteiger partial charge in [0.2, 0.25) is 5.88 Å². The van der Waals surface area contributed by atoms with E-state index in [1.54, 1.807) is 6.07 Å². The minimum absolute atomic E-state index is 0.0284. The lowest BCUT2D eigenvalue weighted by Crippen LogP contribution is -2.49. The molecule has 0 saturated carbocycles. The van der Waals surface area contributed by atoms with Gasteiger partial charge in [0, 0.05) is 30.6 Å². The number of aromatic nitrogens is 3. The van der Waals surface area contributed by atoms with Crippen molar-refractivity contribution in [1.82, 2.24) is 19.7 Å². The molecular formula is C32H34N4O5. The van der Waals surface area contributed by atoms with Gasteiger partial charge in [-0.15, -0.1) is 0 Å². The van der Waals surface area contributed by atoms with Gasteiger partial charge in [0.15, 0.2) is 5.82 Å². The average Bonchev–Trinajstić information content (AvgIpc) is 3.40. The Morgan fingerprint density at radius 2 is 1.95 bits per heavy atom. The number of fused-ring (bicyclic) bond motifs is 1. The van der Waals surface area contributed by atoms with Gasteiger partial charge in [-0.05, 0) is 53.8 Å². The standard InChI is InChI=1S/C32H34N4O5/c1-21-6-4-7-25(27-8-5-9-28(34-27)36-30(39-3)26(15-33-36)31(37)38)29(21)41-17-22-10-11-24-16-35(13-12-23(24)14-22)18-32(2)19-40-20-32/h4-11,14-15H,12-13,16-20H2,1-3H3,(H,37,38). The van der Waals surface area contributed by atoms with E-state index in [2.05, 4.69) is 35.1 Å². The molecule has 6 rings (SSSR count). The molecule has 0 atom stereocenters. The fourth-order valence-electron chi connectivity index (χ4n) is 5.71. The predicted octanol–water partition coefficient (Wildman–Crippen LogP) is 4.92. The second-order valence-electron chi connectivity index (χ2n) is 11.3. The van der Waals surface area contributed by atoms with Crippen LogP contribution in [0.5, 0.6) is 11.6 Å². The Kier molecular flexibility index (Phi) is 7.23. The zero-order valence-electron chi connectivity index (χ0n) is 23.6. The molecule has 9 heteroatoms. The maximum atomic E-state index is 11.6. The number of nitrogens with zero attached hydrogens (tertiary/aromatic N) is 4. The number of carbonyl (C=O) groups is 1. The van der Waals surface area contributed by atoms with Crippen LogP contribution in [0.15, 0.2) is 60.8 Å². The van der Waals surface area contributed by atoms with Gasteiger partial charge < -0.3 is 19.3 Å². The first-order valence-corrected chi connectivity index (χ1v) is 13.8. The normalized spacial score (nSPS) is 16.1. The zero-order valence-corrected chi connectivity index (χ0v) is 23.6. The summed E-state index contributed by atoms with van der Waals surface area (Å²) < 4.78 is 18.6. The highest BCUT2D eigenvalue weighted by Gasteiger charge is 2.35. The number of methoxy groups -OCH3 is 1. The molecule has 2 aromatic heterocycles. The van der Waals surface area contributed by atoms with Crippen molar-refractivity contribution in [3.8, 4) is 28.7 Å². The van der Waals surface area contributed by atoms with Crippen LogP contribution in [-0.2, 0) is 24.3 Å². The molecular weight excluding hydrogens is 520 g/mol. The molecule has 0 unspecified atom stereocenters. The summed E-state index contributed by atoms with van der Waals surface area (Å²) in [6, 6.07) is 18.2. The highest BCUT2D eigenvalue weighted by molar-refractivity contribution is 5.90. The summed E-state index contributed by atoms with van der Waals surface area (Å²) in [5.41, 5.74) is 6.71. The van der Waals surface area contributed by atoms with Crippen molar-refractivity contribution in [2.24, 2.45) is 5.41 Å². The van der Waals surface area contributed by atoms with Crippen LogP contribution in [0, 0.1) is 12.3 Å². The quantitative estimate of drug-likeness (QED) is 0.311. The number of aromatic carboxylic acids is 1. The lowest BCUT2D eigenvalue weighted by molar-refractivity contribution is -0.116. The molecule has 0 spiro atoms. The van der Waals surface area contributed by atoms with E-state index in [1.807, 2.05) is 37.3 Å². The second-order valence-corrected chi connectivity index (χ2v) is 11.3. The van der Waals surface area contributed by atoms with Crippen molar-refractivity contribution in [1.29, 1.82) is 0 Å². The van der Waals surface area contributed by atoms with E-state index in [4.69, 9.17) is 19.2 Å². The zero-order chi connectivity index (χ0) is 28.6. The van der Waals surface area contributed by atoms with Crippen LogP contribution in [0.1, 0.15) is 39.5 Å². The molecule has 1 N–H and O–H groups in total. The molecule has 41 heavy (non-hydrogen) atoms. The van der Waals surface area contributed by atoms with Crippen molar-refractivity contribution in [3.63, 3.8) is 0 Å². The van der Waals surface area contributed by atoms with Gasteiger partial charge in [-0.1, -0.05) is 43.3 Å². The average molecular weight is 555 g/mol. The molecule has 2 aliphatic rings. The Morgan fingerprint density at radius 1 is 1.12 bits per heavy atom. The maximum Gasteiger partial charge on any atom is 0.342 e. The van der Waals surface area contributed by atoms with Crippen LogP contribution < -0.4 is 9.47 Å². The smallest absolute Gasteiger partial charge is 0.342 e. The van der Waals surface area contributed by atoms with E-state index in [1.165, 1.54) is 29.1 Å². The van der Waals surface area contributed by atoms with E-state index in [9.17, 15) is 9.90 Å². The SMILES string of the molecule is COc1c(C(=O)O)cnn1-c1cccc(-c2cccc(C)c2OCc2ccc3c(c2)CCN(CC2(C)COC2)C3)n1. The number of carboxylic acids is 1. The first-order valence-electron chi connectivity index (χ1n) is 13.8. The lowest BCUT2D eigenvalue weighted by atomic mass is 9.87. The Morgan fingerprint density at radius 3 is 2.71 bits per heavy atom. The first kappa shape index (κ1) is 27.0. The monoisotopic (exact) mass is 554 g/mol. The highest BCUT2D eigenvalue weighted by atomic mass is 16.5. The van der Waals surface area contributed by atoms with Crippen molar-refractivity contribution >= 4 is 5.97 Å². The number of aryl methyl sites for hydroxylation is 1. The summed E-state index contributed by atoms with van der Waals surface area (Å²) in [5.74, 6) is 0.207. The van der Waals surface area contributed by atoms with Crippen LogP contribution in [0.3, 0.4) is 0 Å². The Balaban J connectivity index is 1.21. The number of ether oxygens (including phenoxy) is 3. The van der Waals surface area contributed by atoms with E-state index in [0.717, 1.165) is 61.7 Å². The van der Waals surface area contributed by atoms with Crippen LogP contribution in [0.4, 0.5) is 0 Å². The molecule has 0 aliphatic carbocycles. The number of pyridine rings is 1. The number of hydrogen-bond donors (Lipinski definition) is 1. The van der Waals surface area contributed by atoms with Crippen molar-refractivity contribution in [2.45, 2.75) is 33.4 Å². The Bertz CT molecular complexity index is 1590. The topological polar surface area (TPSA) is 98.9 Å². The molecule has 0 radical (unpaired) electrons. The van der Waals surface area contributed by atoms with Gasteiger partial charge in [0.05, 0.1) is 32.2 Å². The van der Waals surface area contributed by atoms with E-state index in [0.29, 0.717) is 18.1 Å². The third-order valence-electron chi connectivity index (χ3n) is 7.84. The van der Waals surface area contributed by atoms with E-state index < -0.39 is 5.97 Å². The summed E-state index contributed by atoms with van der Waals surface area (Å²) in [4.78, 5) is 18.9. The predicted molar refractivity (Wildman–Crippen MR) is 154 cm³/mol. The Hall–Kier alpha value is -4.21. The molecule has 1 saturated heterocycles. The van der Waals surface area contributed by atoms with Crippen LogP contribution in [0.2, 0.25) is 0 Å². The molecule has 2 aliphatic heterocycles. The van der Waals surface area contributed by atoms with Crippen molar-refractivity contribution in [2.75, 3.05) is 33.4 Å². The molecule has 212 valence electrons. The lowest BCUT2D eigenvalue weighted by Gasteiger charge is -2.43.